The van der Waals surface area contributed by atoms with E-state index in [1.807, 2.05) is 60.7 Å². The van der Waals surface area contributed by atoms with E-state index in [4.69, 9.17) is 9.15 Å². The minimum absolute atomic E-state index is 0.0303. The second kappa shape index (κ2) is 9.64. The van der Waals surface area contributed by atoms with E-state index in [0.717, 1.165) is 11.6 Å². The highest BCUT2D eigenvalue weighted by Crippen LogP contribution is 2.43. The topological polar surface area (TPSA) is 100 Å². The van der Waals surface area contributed by atoms with Crippen molar-refractivity contribution in [2.45, 2.75) is 12.3 Å². The fourth-order valence-electron chi connectivity index (χ4n) is 4.59. The summed E-state index contributed by atoms with van der Waals surface area (Å²) in [5.41, 5.74) is 1.39. The molecule has 7 heteroatoms. The lowest BCUT2D eigenvalue weighted by Crippen LogP contribution is -2.41. The number of carbonyl (C=O) groups excluding carboxylic acids is 1. The number of hydrogen-bond acceptors (Lipinski definition) is 6. The molecular formula is C28H25NO6. The molecule has 3 aromatic carbocycles. The number of nitrogens with zero attached hydrogens (tertiary/aromatic N) is 1. The minimum Gasteiger partial charge on any atom is -0.507 e. The molecular weight excluding hydrogens is 446 g/mol. The second-order valence-corrected chi connectivity index (χ2v) is 8.53. The number of ether oxygens (including phenoxy) is 1. The monoisotopic (exact) mass is 471 g/mol. The molecule has 35 heavy (non-hydrogen) atoms. The van der Waals surface area contributed by atoms with E-state index in [-0.39, 0.29) is 34.8 Å². The molecule has 5 rings (SSSR count). The van der Waals surface area contributed by atoms with Gasteiger partial charge in [-0.05, 0) is 5.56 Å². The zero-order chi connectivity index (χ0) is 24.4. The first-order valence-corrected chi connectivity index (χ1v) is 11.5. The van der Waals surface area contributed by atoms with Crippen LogP contribution >= 0.6 is 0 Å². The first kappa shape index (κ1) is 22.7. The van der Waals surface area contributed by atoms with E-state index >= 15 is 0 Å². The van der Waals surface area contributed by atoms with Crippen molar-refractivity contribution in [3.8, 4) is 22.8 Å². The van der Waals surface area contributed by atoms with E-state index in [2.05, 4.69) is 0 Å². The highest BCUT2D eigenvalue weighted by Gasteiger charge is 2.29. The molecule has 1 aliphatic rings. The maximum Gasteiger partial charge on any atom is 0.223 e. The molecule has 1 fully saturated rings. The molecule has 4 aromatic rings. The van der Waals surface area contributed by atoms with Crippen molar-refractivity contribution in [3.05, 3.63) is 94.1 Å². The second-order valence-electron chi connectivity index (χ2n) is 8.53. The SMILES string of the molecule is O=C(C[C@@H](c1ccccc1)c1c(O)cc(O)c2c(=O)cc(-c3ccccc3)oc12)N1CCOCC1. The van der Waals surface area contributed by atoms with Crippen molar-refractivity contribution >= 4 is 16.9 Å². The zero-order valence-corrected chi connectivity index (χ0v) is 19.0. The number of hydrogen-bond donors (Lipinski definition) is 2. The number of phenols is 2. The number of morpholine rings is 1. The first-order chi connectivity index (χ1) is 17.0. The van der Waals surface area contributed by atoms with E-state index in [0.29, 0.717) is 43.2 Å². The van der Waals surface area contributed by atoms with Gasteiger partial charge in [0.2, 0.25) is 5.91 Å². The van der Waals surface area contributed by atoms with Gasteiger partial charge in [-0.15, -0.1) is 0 Å². The van der Waals surface area contributed by atoms with Gasteiger partial charge >= 0.3 is 0 Å². The van der Waals surface area contributed by atoms with Crippen LogP contribution in [0.2, 0.25) is 0 Å². The van der Waals surface area contributed by atoms with E-state index in [9.17, 15) is 19.8 Å². The predicted octanol–water partition coefficient (Wildman–Crippen LogP) is 4.25. The molecule has 0 spiro atoms. The maximum absolute atomic E-state index is 13.3. The Balaban J connectivity index is 1.71. The third-order valence-corrected chi connectivity index (χ3v) is 6.35. The summed E-state index contributed by atoms with van der Waals surface area (Å²) in [7, 11) is 0. The van der Waals surface area contributed by atoms with Gasteiger partial charge in [-0.2, -0.15) is 0 Å². The molecule has 2 heterocycles. The highest BCUT2D eigenvalue weighted by molar-refractivity contribution is 5.91. The Morgan fingerprint density at radius 1 is 0.914 bits per heavy atom. The average Bonchev–Trinajstić information content (AvgIpc) is 2.89. The van der Waals surface area contributed by atoms with Gasteiger partial charge in [0.1, 0.15) is 28.2 Å². The van der Waals surface area contributed by atoms with Crippen molar-refractivity contribution in [2.24, 2.45) is 0 Å². The molecule has 1 aromatic heterocycles. The lowest BCUT2D eigenvalue weighted by atomic mass is 9.86. The van der Waals surface area contributed by atoms with Crippen molar-refractivity contribution in [1.82, 2.24) is 4.90 Å². The fraction of sp³-hybridized carbons (Fsp3) is 0.214. The lowest BCUT2D eigenvalue weighted by Gasteiger charge is -2.29. The maximum atomic E-state index is 13.3. The predicted molar refractivity (Wildman–Crippen MR) is 132 cm³/mol. The molecule has 0 radical (unpaired) electrons. The largest absolute Gasteiger partial charge is 0.507 e. The summed E-state index contributed by atoms with van der Waals surface area (Å²) in [6.45, 7) is 1.95. The summed E-state index contributed by atoms with van der Waals surface area (Å²) in [4.78, 5) is 28.1. The number of rotatable bonds is 5. The minimum atomic E-state index is -0.608. The number of fused-ring (bicyclic) bond motifs is 1. The van der Waals surface area contributed by atoms with Crippen molar-refractivity contribution in [2.75, 3.05) is 26.3 Å². The number of benzene rings is 3. The summed E-state index contributed by atoms with van der Waals surface area (Å²) < 4.78 is 11.6. The van der Waals surface area contributed by atoms with Gasteiger partial charge in [-0.1, -0.05) is 60.7 Å². The van der Waals surface area contributed by atoms with Crippen LogP contribution in [0.3, 0.4) is 0 Å². The molecule has 1 atom stereocenters. The summed E-state index contributed by atoms with van der Waals surface area (Å²) in [5, 5.41) is 21.5. The smallest absolute Gasteiger partial charge is 0.223 e. The van der Waals surface area contributed by atoms with Crippen LogP contribution in [0.5, 0.6) is 11.5 Å². The molecule has 1 aliphatic heterocycles. The van der Waals surface area contributed by atoms with Gasteiger partial charge in [0, 0.05) is 48.7 Å². The van der Waals surface area contributed by atoms with Crippen LogP contribution in [0.15, 0.2) is 82.0 Å². The molecule has 1 amide bonds. The molecule has 0 aliphatic carbocycles. The summed E-state index contributed by atoms with van der Waals surface area (Å²) in [6, 6.07) is 20.9. The fourth-order valence-corrected chi connectivity index (χ4v) is 4.59. The van der Waals surface area contributed by atoms with Crippen LogP contribution < -0.4 is 5.43 Å². The van der Waals surface area contributed by atoms with Crippen molar-refractivity contribution < 1.29 is 24.2 Å². The van der Waals surface area contributed by atoms with Crippen LogP contribution in [0, 0.1) is 0 Å². The Labute approximate surface area is 201 Å². The van der Waals surface area contributed by atoms with Gasteiger partial charge in [-0.3, -0.25) is 9.59 Å². The number of amides is 1. The van der Waals surface area contributed by atoms with Gasteiger partial charge < -0.3 is 24.3 Å². The molecule has 0 saturated carbocycles. The average molecular weight is 472 g/mol. The van der Waals surface area contributed by atoms with Crippen LogP contribution in [0.1, 0.15) is 23.5 Å². The van der Waals surface area contributed by atoms with Crippen molar-refractivity contribution in [3.63, 3.8) is 0 Å². The van der Waals surface area contributed by atoms with Gasteiger partial charge in [0.05, 0.1) is 13.2 Å². The van der Waals surface area contributed by atoms with E-state index in [1.54, 1.807) is 4.90 Å². The van der Waals surface area contributed by atoms with Crippen LogP contribution in [-0.4, -0.2) is 47.3 Å². The number of carbonyl (C=O) groups is 1. The Morgan fingerprint density at radius 2 is 1.57 bits per heavy atom. The molecule has 178 valence electrons. The Bertz CT molecular complexity index is 1410. The Kier molecular flexibility index (Phi) is 6.25. The molecule has 0 bridgehead atoms. The highest BCUT2D eigenvalue weighted by atomic mass is 16.5. The van der Waals surface area contributed by atoms with Gasteiger partial charge in [0.15, 0.2) is 5.43 Å². The molecule has 0 unspecified atom stereocenters. The number of aromatic hydroxyl groups is 2. The third-order valence-electron chi connectivity index (χ3n) is 6.35. The third kappa shape index (κ3) is 4.50. The summed E-state index contributed by atoms with van der Waals surface area (Å²) in [5.74, 6) is -1.01. The normalized spacial score (nSPS) is 14.7. The quantitative estimate of drug-likeness (QED) is 0.451. The van der Waals surface area contributed by atoms with E-state index < -0.39 is 11.3 Å². The van der Waals surface area contributed by atoms with E-state index in [1.165, 1.54) is 6.07 Å². The standard InChI is InChI=1S/C28H25NO6/c30-21-16-22(31)27-23(32)17-24(19-9-5-2-6-10-19)35-28(27)26(21)20(18-7-3-1-4-8-18)15-25(33)29-11-13-34-14-12-29/h1-10,16-17,20,30-31H,11-15H2/t20-/m0/s1. The van der Waals surface area contributed by atoms with Crippen LogP contribution in [0.4, 0.5) is 0 Å². The summed E-state index contributed by atoms with van der Waals surface area (Å²) in [6.07, 6.45) is 0.0523. The van der Waals surface area contributed by atoms with Gasteiger partial charge in [-0.25, -0.2) is 0 Å². The zero-order valence-electron chi connectivity index (χ0n) is 19.0. The van der Waals surface area contributed by atoms with Crippen molar-refractivity contribution in [1.29, 1.82) is 0 Å². The first-order valence-electron chi connectivity index (χ1n) is 11.5. The Morgan fingerprint density at radius 3 is 2.26 bits per heavy atom. The van der Waals surface area contributed by atoms with Crippen LogP contribution in [0.25, 0.3) is 22.3 Å². The lowest BCUT2D eigenvalue weighted by molar-refractivity contribution is -0.135. The molecule has 7 nitrogen and oxygen atoms in total. The summed E-state index contributed by atoms with van der Waals surface area (Å²) >= 11 is 0. The Hall–Kier alpha value is -4.10. The van der Waals surface area contributed by atoms with Gasteiger partial charge in [0.25, 0.3) is 0 Å². The van der Waals surface area contributed by atoms with Crippen LogP contribution in [-0.2, 0) is 9.53 Å². The molecule has 2 N–H and O–H groups in total. The number of phenolic OH excluding ortho intramolecular Hbond substituents is 2. The molecule has 1 saturated heterocycles.